The molecule has 1 aromatic carbocycles. The van der Waals surface area contributed by atoms with E-state index in [0.29, 0.717) is 16.6 Å². The molecule has 96 valence electrons. The van der Waals surface area contributed by atoms with Gasteiger partial charge in [-0.25, -0.2) is 18.4 Å². The predicted molar refractivity (Wildman–Crippen MR) is 68.0 cm³/mol. The first-order valence-corrected chi connectivity index (χ1v) is 5.94. The van der Waals surface area contributed by atoms with Gasteiger partial charge >= 0.3 is 0 Å². The highest BCUT2D eigenvalue weighted by molar-refractivity contribution is 6.34. The van der Waals surface area contributed by atoms with Crippen LogP contribution in [0.3, 0.4) is 0 Å². The third-order valence-corrected chi connectivity index (χ3v) is 3.07. The summed E-state index contributed by atoms with van der Waals surface area (Å²) >= 11 is 5.92. The van der Waals surface area contributed by atoms with Crippen LogP contribution in [0.25, 0.3) is 11.0 Å². The molecule has 0 N–H and O–H groups in total. The molecule has 0 amide bonds. The normalized spacial score (nSPS) is 11.1. The van der Waals surface area contributed by atoms with Crippen molar-refractivity contribution in [3.8, 4) is 0 Å². The smallest absolute Gasteiger partial charge is 0.160 e. The van der Waals surface area contributed by atoms with E-state index >= 15 is 0 Å². The summed E-state index contributed by atoms with van der Waals surface area (Å²) in [5.41, 5.74) is 0.893. The van der Waals surface area contributed by atoms with Gasteiger partial charge in [-0.1, -0.05) is 29.8 Å². The SMILES string of the molecule is Fc1cnc2c(c1)c(Cl)nn2Cc1ccccc1F. The Morgan fingerprint density at radius 1 is 1.21 bits per heavy atom. The molecule has 2 aromatic heterocycles. The minimum Gasteiger partial charge on any atom is -0.241 e. The third-order valence-electron chi connectivity index (χ3n) is 2.79. The van der Waals surface area contributed by atoms with Crippen LogP contribution in [0.2, 0.25) is 5.15 Å². The molecule has 0 aliphatic heterocycles. The molecule has 19 heavy (non-hydrogen) atoms. The van der Waals surface area contributed by atoms with Crippen molar-refractivity contribution in [3.05, 3.63) is 58.9 Å². The number of rotatable bonds is 2. The first kappa shape index (κ1) is 12.0. The van der Waals surface area contributed by atoms with Gasteiger partial charge in [-0.05, 0) is 12.1 Å². The number of pyridine rings is 1. The number of aromatic nitrogens is 3. The first-order chi connectivity index (χ1) is 9.15. The van der Waals surface area contributed by atoms with Crippen LogP contribution in [-0.2, 0) is 6.54 Å². The summed E-state index contributed by atoms with van der Waals surface area (Å²) in [6, 6.07) is 7.63. The van der Waals surface area contributed by atoms with Crippen molar-refractivity contribution in [3.63, 3.8) is 0 Å². The predicted octanol–water partition coefficient (Wildman–Crippen LogP) is 3.41. The minimum absolute atomic E-state index is 0.151. The maximum absolute atomic E-state index is 13.6. The van der Waals surface area contributed by atoms with E-state index < -0.39 is 5.82 Å². The second kappa shape index (κ2) is 4.59. The van der Waals surface area contributed by atoms with Crippen LogP contribution < -0.4 is 0 Å². The zero-order valence-electron chi connectivity index (χ0n) is 9.65. The number of hydrogen-bond acceptors (Lipinski definition) is 2. The van der Waals surface area contributed by atoms with E-state index in [0.717, 1.165) is 6.20 Å². The van der Waals surface area contributed by atoms with Gasteiger partial charge < -0.3 is 0 Å². The van der Waals surface area contributed by atoms with Crippen molar-refractivity contribution in [2.75, 3.05) is 0 Å². The fourth-order valence-electron chi connectivity index (χ4n) is 1.89. The molecule has 0 saturated heterocycles. The molecule has 0 radical (unpaired) electrons. The largest absolute Gasteiger partial charge is 0.241 e. The maximum Gasteiger partial charge on any atom is 0.160 e. The van der Waals surface area contributed by atoms with E-state index in [4.69, 9.17) is 11.6 Å². The summed E-state index contributed by atoms with van der Waals surface area (Å²) in [5, 5.41) is 4.62. The van der Waals surface area contributed by atoms with Gasteiger partial charge in [-0.3, -0.25) is 0 Å². The Bertz CT molecular complexity index is 755. The van der Waals surface area contributed by atoms with Crippen molar-refractivity contribution < 1.29 is 8.78 Å². The molecule has 0 aliphatic rings. The standard InChI is InChI=1S/C13H8ClF2N3/c14-12-10-5-9(15)6-17-13(10)19(18-12)7-8-3-1-2-4-11(8)16/h1-6H,7H2. The van der Waals surface area contributed by atoms with Crippen LogP contribution >= 0.6 is 11.6 Å². The Morgan fingerprint density at radius 3 is 2.79 bits per heavy atom. The fourth-order valence-corrected chi connectivity index (χ4v) is 2.13. The molecule has 0 atom stereocenters. The number of hydrogen-bond donors (Lipinski definition) is 0. The monoisotopic (exact) mass is 279 g/mol. The molecule has 3 rings (SSSR count). The summed E-state index contributed by atoms with van der Waals surface area (Å²) in [7, 11) is 0. The lowest BCUT2D eigenvalue weighted by atomic mass is 10.2. The quantitative estimate of drug-likeness (QED) is 0.720. The number of halogens is 3. The highest BCUT2D eigenvalue weighted by Gasteiger charge is 2.12. The van der Waals surface area contributed by atoms with E-state index in [1.54, 1.807) is 18.2 Å². The van der Waals surface area contributed by atoms with Gasteiger partial charge in [0.05, 0.1) is 18.1 Å². The Kier molecular flexibility index (Phi) is 2.91. The Labute approximate surface area is 112 Å². The highest BCUT2D eigenvalue weighted by atomic mass is 35.5. The first-order valence-electron chi connectivity index (χ1n) is 5.56. The summed E-state index contributed by atoms with van der Waals surface area (Å²) in [5.74, 6) is -0.816. The molecular formula is C13H8ClF2N3. The van der Waals surface area contributed by atoms with E-state index in [1.807, 2.05) is 0 Å². The fraction of sp³-hybridized carbons (Fsp3) is 0.0769. The Balaban J connectivity index is 2.09. The molecule has 0 bridgehead atoms. The molecule has 3 aromatic rings. The number of benzene rings is 1. The highest BCUT2D eigenvalue weighted by Crippen LogP contribution is 2.22. The van der Waals surface area contributed by atoms with Gasteiger partial charge in [0.25, 0.3) is 0 Å². The second-order valence-corrected chi connectivity index (χ2v) is 4.42. The molecule has 0 aliphatic carbocycles. The van der Waals surface area contributed by atoms with Crippen LogP contribution in [0.1, 0.15) is 5.56 Å². The third kappa shape index (κ3) is 2.17. The Hall–Kier alpha value is -2.01. The van der Waals surface area contributed by atoms with Crippen molar-refractivity contribution in [1.82, 2.24) is 14.8 Å². The molecule has 3 nitrogen and oxygen atoms in total. The molecule has 0 spiro atoms. The van der Waals surface area contributed by atoms with Crippen molar-refractivity contribution in [2.45, 2.75) is 6.54 Å². The van der Waals surface area contributed by atoms with Crippen molar-refractivity contribution >= 4 is 22.6 Å². The van der Waals surface area contributed by atoms with E-state index in [1.165, 1.54) is 16.8 Å². The summed E-state index contributed by atoms with van der Waals surface area (Å²) in [4.78, 5) is 3.95. The van der Waals surface area contributed by atoms with Gasteiger partial charge in [0.2, 0.25) is 0 Å². The number of nitrogens with zero attached hydrogens (tertiary/aromatic N) is 3. The number of fused-ring (bicyclic) bond motifs is 1. The summed E-state index contributed by atoms with van der Waals surface area (Å²) in [6.07, 6.45) is 1.08. The summed E-state index contributed by atoms with van der Waals surface area (Å²) in [6.45, 7) is 0.189. The van der Waals surface area contributed by atoms with Crippen LogP contribution in [-0.4, -0.2) is 14.8 Å². The lowest BCUT2D eigenvalue weighted by Gasteiger charge is -2.04. The molecule has 0 fully saturated rings. The zero-order chi connectivity index (χ0) is 13.4. The second-order valence-electron chi connectivity index (χ2n) is 4.06. The van der Waals surface area contributed by atoms with Crippen LogP contribution in [0.4, 0.5) is 8.78 Å². The molecule has 0 saturated carbocycles. The lowest BCUT2D eigenvalue weighted by molar-refractivity contribution is 0.588. The molecule has 6 heteroatoms. The van der Waals surface area contributed by atoms with Crippen LogP contribution in [0, 0.1) is 11.6 Å². The van der Waals surface area contributed by atoms with Gasteiger partial charge in [-0.2, -0.15) is 5.10 Å². The van der Waals surface area contributed by atoms with E-state index in [9.17, 15) is 8.78 Å². The topological polar surface area (TPSA) is 30.7 Å². The lowest BCUT2D eigenvalue weighted by Crippen LogP contribution is -2.04. The maximum atomic E-state index is 13.6. The van der Waals surface area contributed by atoms with Crippen LogP contribution in [0.5, 0.6) is 0 Å². The minimum atomic E-state index is -0.486. The van der Waals surface area contributed by atoms with E-state index in [-0.39, 0.29) is 17.5 Å². The van der Waals surface area contributed by atoms with Crippen molar-refractivity contribution in [2.24, 2.45) is 0 Å². The average Bonchev–Trinajstić information content (AvgIpc) is 2.69. The van der Waals surface area contributed by atoms with Gasteiger partial charge in [-0.15, -0.1) is 0 Å². The van der Waals surface area contributed by atoms with Gasteiger partial charge in [0.15, 0.2) is 10.8 Å². The Morgan fingerprint density at radius 2 is 2.00 bits per heavy atom. The zero-order valence-corrected chi connectivity index (χ0v) is 10.4. The molecular weight excluding hydrogens is 272 g/mol. The van der Waals surface area contributed by atoms with Crippen molar-refractivity contribution in [1.29, 1.82) is 0 Å². The molecule has 0 unspecified atom stereocenters. The summed E-state index contributed by atoms with van der Waals surface area (Å²) < 4.78 is 28.1. The van der Waals surface area contributed by atoms with Gasteiger partial charge in [0, 0.05) is 5.56 Å². The average molecular weight is 280 g/mol. The van der Waals surface area contributed by atoms with Crippen LogP contribution in [0.15, 0.2) is 36.5 Å². The van der Waals surface area contributed by atoms with E-state index in [2.05, 4.69) is 10.1 Å². The van der Waals surface area contributed by atoms with Gasteiger partial charge in [0.1, 0.15) is 11.6 Å². The molecule has 2 heterocycles.